The van der Waals surface area contributed by atoms with Crippen LogP contribution in [0.25, 0.3) is 33.3 Å². The number of esters is 1. The number of halogens is 1. The van der Waals surface area contributed by atoms with E-state index in [0.717, 1.165) is 16.5 Å². The summed E-state index contributed by atoms with van der Waals surface area (Å²) in [6, 6.07) is 11.7. The molecule has 3 N–H and O–H groups in total. The van der Waals surface area contributed by atoms with E-state index in [1.54, 1.807) is 36.0 Å². The van der Waals surface area contributed by atoms with Gasteiger partial charge in [0.05, 0.1) is 0 Å². The molecule has 0 spiro atoms. The maximum absolute atomic E-state index is 14.1. The van der Waals surface area contributed by atoms with Gasteiger partial charge in [0.2, 0.25) is 11.9 Å². The van der Waals surface area contributed by atoms with E-state index < -0.39 is 24.2 Å². The van der Waals surface area contributed by atoms with E-state index in [9.17, 15) is 14.0 Å². The highest BCUT2D eigenvalue weighted by molar-refractivity contribution is 6.00. The third-order valence-corrected chi connectivity index (χ3v) is 6.62. The van der Waals surface area contributed by atoms with Crippen molar-refractivity contribution in [3.05, 3.63) is 79.2 Å². The minimum Gasteiger partial charge on any atom is -0.440 e. The number of amides is 1. The monoisotopic (exact) mass is 572 g/mol. The highest BCUT2D eigenvalue weighted by Crippen LogP contribution is 2.35. The average molecular weight is 573 g/mol. The zero-order valence-electron chi connectivity index (χ0n) is 24.5. The number of nitrogens with zero attached hydrogens (tertiary/aromatic N) is 4. The Labute approximate surface area is 245 Å². The number of ether oxygens (including phenoxy) is 1. The summed E-state index contributed by atoms with van der Waals surface area (Å²) in [6.45, 7) is 6.38. The number of fused-ring (bicyclic) bond motifs is 1. The molecule has 10 heteroatoms. The summed E-state index contributed by atoms with van der Waals surface area (Å²) >= 11 is 0. The molecule has 3 aromatic heterocycles. The third-order valence-electron chi connectivity index (χ3n) is 6.62. The van der Waals surface area contributed by atoms with E-state index in [0.29, 0.717) is 35.4 Å². The van der Waals surface area contributed by atoms with Crippen LogP contribution < -0.4 is 11.1 Å². The SMILES string of the molecule is CC(C)CC(N)C(=O)OC(C)n1cc(-c2ccnc(F)c2)c2cc(-c3cccc(NC(=O)/C=C/CN(C)C)c3)cnc21. The van der Waals surface area contributed by atoms with Crippen LogP contribution in [-0.2, 0) is 14.3 Å². The van der Waals surface area contributed by atoms with Gasteiger partial charge in [0, 0.05) is 59.5 Å². The standard InChI is InChI=1S/C32H37FN6O3/c1-20(2)14-28(34)32(41)42-21(3)39-19-27(23-11-12-35-29(33)17-23)26-16-24(18-36-31(26)39)22-8-6-9-25(15-22)37-30(40)10-7-13-38(4)5/h6-12,15-21,28H,13-14,34H2,1-5H3,(H,37,40)/b10-7+. The van der Waals surface area contributed by atoms with Crippen LogP contribution >= 0.6 is 0 Å². The van der Waals surface area contributed by atoms with E-state index in [1.807, 2.05) is 63.2 Å². The number of nitrogens with two attached hydrogens (primary N) is 1. The van der Waals surface area contributed by atoms with Gasteiger partial charge in [-0.1, -0.05) is 32.1 Å². The second kappa shape index (κ2) is 13.5. The number of nitrogens with one attached hydrogen (secondary N) is 1. The Kier molecular flexibility index (Phi) is 9.82. The fraction of sp³-hybridized carbons (Fsp3) is 0.312. The zero-order chi connectivity index (χ0) is 30.4. The van der Waals surface area contributed by atoms with Crippen molar-refractivity contribution >= 4 is 28.6 Å². The van der Waals surface area contributed by atoms with E-state index in [4.69, 9.17) is 15.5 Å². The first kappa shape index (κ1) is 30.5. The van der Waals surface area contributed by atoms with Crippen molar-refractivity contribution in [2.75, 3.05) is 26.0 Å². The summed E-state index contributed by atoms with van der Waals surface area (Å²) in [6.07, 6.45) is 8.00. The lowest BCUT2D eigenvalue weighted by molar-refractivity contribution is -0.154. The lowest BCUT2D eigenvalue weighted by atomic mass is 10.0. The van der Waals surface area contributed by atoms with Crippen molar-refractivity contribution in [3.63, 3.8) is 0 Å². The lowest BCUT2D eigenvalue weighted by Crippen LogP contribution is -2.34. The molecule has 0 bridgehead atoms. The molecule has 0 aliphatic carbocycles. The average Bonchev–Trinajstić information content (AvgIpc) is 3.32. The number of benzene rings is 1. The van der Waals surface area contributed by atoms with Gasteiger partial charge in [0.15, 0.2) is 6.23 Å². The van der Waals surface area contributed by atoms with Gasteiger partial charge in [-0.3, -0.25) is 14.2 Å². The maximum atomic E-state index is 14.1. The number of hydrogen-bond donors (Lipinski definition) is 2. The van der Waals surface area contributed by atoms with Crippen LogP contribution in [0, 0.1) is 11.9 Å². The number of aromatic nitrogens is 3. The molecular weight excluding hydrogens is 535 g/mol. The first-order chi connectivity index (χ1) is 20.0. The summed E-state index contributed by atoms with van der Waals surface area (Å²) < 4.78 is 21.6. The van der Waals surface area contributed by atoms with Crippen molar-refractivity contribution in [2.24, 2.45) is 11.7 Å². The van der Waals surface area contributed by atoms with Gasteiger partial charge < -0.3 is 20.7 Å². The van der Waals surface area contributed by atoms with Gasteiger partial charge in [0.25, 0.3) is 0 Å². The van der Waals surface area contributed by atoms with Crippen molar-refractivity contribution in [1.82, 2.24) is 19.4 Å². The molecule has 4 rings (SSSR count). The fourth-order valence-corrected chi connectivity index (χ4v) is 4.61. The van der Waals surface area contributed by atoms with Crippen LogP contribution in [0.1, 0.15) is 33.4 Å². The predicted octanol–water partition coefficient (Wildman–Crippen LogP) is 5.40. The predicted molar refractivity (Wildman–Crippen MR) is 163 cm³/mol. The highest BCUT2D eigenvalue weighted by atomic mass is 19.1. The van der Waals surface area contributed by atoms with Crippen LogP contribution in [-0.4, -0.2) is 58.0 Å². The summed E-state index contributed by atoms with van der Waals surface area (Å²) in [5, 5.41) is 3.62. The molecule has 0 saturated carbocycles. The molecule has 42 heavy (non-hydrogen) atoms. The molecule has 0 radical (unpaired) electrons. The number of rotatable bonds is 11. The quantitative estimate of drug-likeness (QED) is 0.141. The Morgan fingerprint density at radius 1 is 1.10 bits per heavy atom. The van der Waals surface area contributed by atoms with Gasteiger partial charge in [-0.25, -0.2) is 9.97 Å². The van der Waals surface area contributed by atoms with E-state index in [-0.39, 0.29) is 11.8 Å². The molecule has 220 valence electrons. The molecular formula is C32H37FN6O3. The zero-order valence-corrected chi connectivity index (χ0v) is 24.5. The molecule has 0 fully saturated rings. The van der Waals surface area contributed by atoms with Gasteiger partial charge >= 0.3 is 5.97 Å². The van der Waals surface area contributed by atoms with Crippen LogP contribution in [0.4, 0.5) is 10.1 Å². The Hall–Kier alpha value is -4.41. The molecule has 1 amide bonds. The van der Waals surface area contributed by atoms with Gasteiger partial charge in [0.1, 0.15) is 11.7 Å². The molecule has 0 aliphatic rings. The Balaban J connectivity index is 1.69. The second-order valence-electron chi connectivity index (χ2n) is 10.9. The summed E-state index contributed by atoms with van der Waals surface area (Å²) in [4.78, 5) is 35.4. The minimum absolute atomic E-state index is 0.224. The maximum Gasteiger partial charge on any atom is 0.324 e. The molecule has 1 aromatic carbocycles. The first-order valence-corrected chi connectivity index (χ1v) is 13.8. The van der Waals surface area contributed by atoms with Crippen molar-refractivity contribution in [1.29, 1.82) is 0 Å². The van der Waals surface area contributed by atoms with Gasteiger partial charge in [-0.15, -0.1) is 0 Å². The largest absolute Gasteiger partial charge is 0.440 e. The topological polar surface area (TPSA) is 115 Å². The number of likely N-dealkylation sites (N-methyl/N-ethyl adjacent to an activating group) is 1. The van der Waals surface area contributed by atoms with Crippen LogP contribution in [0.15, 0.2) is 73.2 Å². The molecule has 3 heterocycles. The number of carbonyl (C=O) groups excluding carboxylic acids is 2. The molecule has 0 saturated heterocycles. The van der Waals surface area contributed by atoms with Crippen LogP contribution in [0.2, 0.25) is 0 Å². The highest BCUT2D eigenvalue weighted by Gasteiger charge is 2.23. The van der Waals surface area contributed by atoms with E-state index in [1.165, 1.54) is 18.3 Å². The van der Waals surface area contributed by atoms with Gasteiger partial charge in [-0.05, 0) is 68.8 Å². The molecule has 4 aromatic rings. The summed E-state index contributed by atoms with van der Waals surface area (Å²) in [7, 11) is 3.86. The molecule has 2 unspecified atom stereocenters. The summed E-state index contributed by atoms with van der Waals surface area (Å²) in [5.74, 6) is -1.09. The van der Waals surface area contributed by atoms with Crippen molar-refractivity contribution in [2.45, 2.75) is 39.5 Å². The number of carbonyl (C=O) groups is 2. The number of hydrogen-bond acceptors (Lipinski definition) is 7. The molecule has 2 atom stereocenters. The Morgan fingerprint density at radius 3 is 2.60 bits per heavy atom. The lowest BCUT2D eigenvalue weighted by Gasteiger charge is -2.19. The van der Waals surface area contributed by atoms with E-state index in [2.05, 4.69) is 10.3 Å². The Bertz CT molecular complexity index is 1600. The van der Waals surface area contributed by atoms with Crippen LogP contribution in [0.5, 0.6) is 0 Å². The molecule has 9 nitrogen and oxygen atoms in total. The molecule has 0 aliphatic heterocycles. The van der Waals surface area contributed by atoms with Gasteiger partial charge in [-0.2, -0.15) is 4.39 Å². The smallest absolute Gasteiger partial charge is 0.324 e. The minimum atomic E-state index is -0.737. The van der Waals surface area contributed by atoms with Crippen molar-refractivity contribution < 1.29 is 18.7 Å². The third kappa shape index (κ3) is 7.65. The summed E-state index contributed by atoms with van der Waals surface area (Å²) in [5.41, 5.74) is 10.2. The normalized spacial score (nSPS) is 13.2. The Morgan fingerprint density at radius 2 is 1.88 bits per heavy atom. The van der Waals surface area contributed by atoms with Crippen molar-refractivity contribution in [3.8, 4) is 22.3 Å². The fourth-order valence-electron chi connectivity index (χ4n) is 4.61. The number of anilines is 1. The van der Waals surface area contributed by atoms with E-state index >= 15 is 0 Å². The van der Waals surface area contributed by atoms with Crippen LogP contribution in [0.3, 0.4) is 0 Å². The number of pyridine rings is 2. The second-order valence-corrected chi connectivity index (χ2v) is 10.9. The first-order valence-electron chi connectivity index (χ1n) is 13.8.